The molecule has 0 saturated carbocycles. The molecule has 0 bridgehead atoms. The average molecular weight is 831 g/mol. The predicted octanol–water partition coefficient (Wildman–Crippen LogP) is 13.8. The third kappa shape index (κ3) is 44.1. The highest BCUT2D eigenvalue weighted by atomic mass is 31.2. The molecule has 2 unspecified atom stereocenters. The Morgan fingerprint density at radius 3 is 1.33 bits per heavy atom. The normalized spacial score (nSPS) is 13.6. The van der Waals surface area contributed by atoms with Crippen molar-refractivity contribution in [3.05, 3.63) is 12.2 Å². The number of ether oxygens (including phenoxy) is 2. The SMILES string of the molecule is CCCCC/C=C\CCCCCCCC(=O)OC(COC(=O)CCCCCCCCCCCCCCCCCCCCCCC)COP(=O)(O)OCC[N+](C)(C)C. The zero-order chi connectivity index (χ0) is 42.1. The van der Waals surface area contributed by atoms with Crippen molar-refractivity contribution in [1.29, 1.82) is 0 Å². The lowest BCUT2D eigenvalue weighted by Gasteiger charge is -2.24. The molecule has 0 aromatic carbocycles. The summed E-state index contributed by atoms with van der Waals surface area (Å²) in [5.74, 6) is -0.797. The monoisotopic (exact) mass is 831 g/mol. The van der Waals surface area contributed by atoms with Gasteiger partial charge < -0.3 is 18.9 Å². The molecule has 338 valence electrons. The summed E-state index contributed by atoms with van der Waals surface area (Å²) in [4.78, 5) is 35.4. The van der Waals surface area contributed by atoms with Crippen LogP contribution in [-0.4, -0.2) is 74.9 Å². The molecule has 0 saturated heterocycles. The molecule has 0 aliphatic rings. The van der Waals surface area contributed by atoms with Crippen LogP contribution in [0.5, 0.6) is 0 Å². The third-order valence-electron chi connectivity index (χ3n) is 10.5. The van der Waals surface area contributed by atoms with E-state index in [0.717, 1.165) is 51.4 Å². The number of phosphoric acid groups is 1. The second-order valence-electron chi connectivity index (χ2n) is 17.5. The summed E-state index contributed by atoms with van der Waals surface area (Å²) in [5, 5.41) is 0. The molecule has 0 fully saturated rings. The maximum Gasteiger partial charge on any atom is 0.472 e. The number of rotatable bonds is 44. The Labute approximate surface area is 352 Å². The number of unbranched alkanes of at least 4 members (excludes halogenated alkanes) is 28. The number of hydrogen-bond acceptors (Lipinski definition) is 7. The van der Waals surface area contributed by atoms with Gasteiger partial charge in [-0.3, -0.25) is 18.6 Å². The molecule has 1 N–H and O–H groups in total. The molecular formula is C47H93NO8P+. The molecular weight excluding hydrogens is 737 g/mol. The molecule has 10 heteroatoms. The molecule has 0 amide bonds. The van der Waals surface area contributed by atoms with Gasteiger partial charge >= 0.3 is 19.8 Å². The van der Waals surface area contributed by atoms with Crippen molar-refractivity contribution in [3.63, 3.8) is 0 Å². The fourth-order valence-electron chi connectivity index (χ4n) is 6.77. The first kappa shape index (κ1) is 55.8. The molecule has 0 aromatic heterocycles. The van der Waals surface area contributed by atoms with Crippen molar-refractivity contribution >= 4 is 19.8 Å². The summed E-state index contributed by atoms with van der Waals surface area (Å²) in [6, 6.07) is 0. The number of esters is 2. The van der Waals surface area contributed by atoms with Crippen molar-refractivity contribution in [1.82, 2.24) is 0 Å². The van der Waals surface area contributed by atoms with E-state index < -0.39 is 26.5 Å². The van der Waals surface area contributed by atoms with Gasteiger partial charge in [0.15, 0.2) is 6.10 Å². The predicted molar refractivity (Wildman–Crippen MR) is 238 cm³/mol. The van der Waals surface area contributed by atoms with Crippen LogP contribution >= 0.6 is 7.82 Å². The van der Waals surface area contributed by atoms with Crippen molar-refractivity contribution in [3.8, 4) is 0 Å². The van der Waals surface area contributed by atoms with Crippen molar-refractivity contribution in [2.24, 2.45) is 0 Å². The highest BCUT2D eigenvalue weighted by molar-refractivity contribution is 7.47. The maximum atomic E-state index is 12.7. The second kappa shape index (κ2) is 40.2. The fourth-order valence-corrected chi connectivity index (χ4v) is 7.52. The summed E-state index contributed by atoms with van der Waals surface area (Å²) in [6.07, 6.45) is 42.6. The number of phosphoric ester groups is 1. The Bertz CT molecular complexity index is 985. The van der Waals surface area contributed by atoms with Crippen LogP contribution in [0.2, 0.25) is 0 Å². The Hall–Kier alpha value is -1.25. The van der Waals surface area contributed by atoms with Gasteiger partial charge in [-0.05, 0) is 38.5 Å². The molecule has 2 atom stereocenters. The lowest BCUT2D eigenvalue weighted by Crippen LogP contribution is -2.37. The Kier molecular flexibility index (Phi) is 39.3. The molecule has 0 rings (SSSR count). The van der Waals surface area contributed by atoms with Gasteiger partial charge in [-0.1, -0.05) is 187 Å². The van der Waals surface area contributed by atoms with Crippen molar-refractivity contribution in [2.75, 3.05) is 47.5 Å². The minimum atomic E-state index is -4.37. The van der Waals surface area contributed by atoms with Crippen molar-refractivity contribution in [2.45, 2.75) is 232 Å². The van der Waals surface area contributed by atoms with Gasteiger partial charge in [-0.2, -0.15) is 0 Å². The number of carbonyl (C=O) groups is 2. The van der Waals surface area contributed by atoms with Crippen molar-refractivity contribution < 1.29 is 42.1 Å². The number of quaternary nitrogens is 1. The van der Waals surface area contributed by atoms with Crippen LogP contribution in [0.15, 0.2) is 12.2 Å². The lowest BCUT2D eigenvalue weighted by molar-refractivity contribution is -0.870. The van der Waals surface area contributed by atoms with E-state index in [1.165, 1.54) is 141 Å². The molecule has 0 aliphatic carbocycles. The van der Waals surface area contributed by atoms with E-state index in [1.54, 1.807) is 0 Å². The average Bonchev–Trinajstić information content (AvgIpc) is 3.16. The summed E-state index contributed by atoms with van der Waals surface area (Å²) >= 11 is 0. The van der Waals surface area contributed by atoms with Gasteiger partial charge in [0.1, 0.15) is 19.8 Å². The van der Waals surface area contributed by atoms with E-state index in [9.17, 15) is 19.0 Å². The summed E-state index contributed by atoms with van der Waals surface area (Å²) in [6.45, 7) is 4.42. The van der Waals surface area contributed by atoms with Crippen LogP contribution in [0.1, 0.15) is 226 Å². The summed E-state index contributed by atoms with van der Waals surface area (Å²) < 4.78 is 34.3. The topological polar surface area (TPSA) is 108 Å². The minimum Gasteiger partial charge on any atom is -0.462 e. The first-order chi connectivity index (χ1) is 27.5. The largest absolute Gasteiger partial charge is 0.472 e. The number of nitrogens with zero attached hydrogens (tertiary/aromatic N) is 1. The van der Waals surface area contributed by atoms with E-state index in [4.69, 9.17) is 18.5 Å². The Morgan fingerprint density at radius 2 is 0.895 bits per heavy atom. The molecule has 0 aromatic rings. The van der Waals surface area contributed by atoms with Crippen LogP contribution in [-0.2, 0) is 32.7 Å². The zero-order valence-corrected chi connectivity index (χ0v) is 39.0. The lowest BCUT2D eigenvalue weighted by atomic mass is 10.0. The van der Waals surface area contributed by atoms with E-state index in [-0.39, 0.29) is 25.6 Å². The molecule has 9 nitrogen and oxygen atoms in total. The van der Waals surface area contributed by atoms with Crippen LogP contribution in [0, 0.1) is 0 Å². The third-order valence-corrected chi connectivity index (χ3v) is 11.5. The van der Waals surface area contributed by atoms with E-state index in [0.29, 0.717) is 23.9 Å². The number of hydrogen-bond donors (Lipinski definition) is 1. The van der Waals surface area contributed by atoms with Gasteiger partial charge in [0, 0.05) is 12.8 Å². The van der Waals surface area contributed by atoms with Gasteiger partial charge in [0.25, 0.3) is 0 Å². The van der Waals surface area contributed by atoms with Gasteiger partial charge in [0.05, 0.1) is 27.7 Å². The smallest absolute Gasteiger partial charge is 0.462 e. The highest BCUT2D eigenvalue weighted by Crippen LogP contribution is 2.43. The standard InChI is InChI=1S/C47H92NO8P/c1-6-8-10-12-14-16-18-20-21-22-23-24-25-26-27-28-30-31-33-35-37-39-46(49)53-43-45(44-55-57(51,52)54-42-41-48(3,4)5)56-47(50)40-38-36-34-32-29-19-17-15-13-11-9-7-2/h15,17,45H,6-14,16,18-44H2,1-5H3/p+1/b17-15-. The first-order valence-corrected chi connectivity index (χ1v) is 25.4. The van der Waals surface area contributed by atoms with Gasteiger partial charge in [-0.15, -0.1) is 0 Å². The van der Waals surface area contributed by atoms with Crippen LogP contribution < -0.4 is 0 Å². The molecule has 0 aliphatic heterocycles. The van der Waals surface area contributed by atoms with Gasteiger partial charge in [-0.25, -0.2) is 4.57 Å². The Morgan fingerprint density at radius 1 is 0.526 bits per heavy atom. The fraction of sp³-hybridized carbons (Fsp3) is 0.915. The first-order valence-electron chi connectivity index (χ1n) is 23.9. The molecule has 57 heavy (non-hydrogen) atoms. The molecule has 0 heterocycles. The quantitative estimate of drug-likeness (QED) is 0.0213. The molecule has 0 radical (unpaired) electrons. The van der Waals surface area contributed by atoms with E-state index in [1.807, 2.05) is 21.1 Å². The summed E-state index contributed by atoms with van der Waals surface area (Å²) in [5.41, 5.74) is 0. The van der Waals surface area contributed by atoms with Crippen LogP contribution in [0.25, 0.3) is 0 Å². The van der Waals surface area contributed by atoms with Crippen LogP contribution in [0.4, 0.5) is 0 Å². The summed E-state index contributed by atoms with van der Waals surface area (Å²) in [7, 11) is 1.48. The second-order valence-corrected chi connectivity index (χ2v) is 19.0. The van der Waals surface area contributed by atoms with Gasteiger partial charge in [0.2, 0.25) is 0 Å². The van der Waals surface area contributed by atoms with E-state index >= 15 is 0 Å². The number of likely N-dealkylation sites (N-methyl/N-ethyl adjacent to an activating group) is 1. The molecule has 0 spiro atoms. The number of carbonyl (C=O) groups excluding carboxylic acids is 2. The van der Waals surface area contributed by atoms with Crippen LogP contribution in [0.3, 0.4) is 0 Å². The van der Waals surface area contributed by atoms with E-state index in [2.05, 4.69) is 26.0 Å². The highest BCUT2D eigenvalue weighted by Gasteiger charge is 2.27. The Balaban J connectivity index is 4.19. The number of allylic oxidation sites excluding steroid dienone is 2. The minimum absolute atomic E-state index is 0.0332. The maximum absolute atomic E-state index is 12.7. The zero-order valence-electron chi connectivity index (χ0n) is 38.1.